The van der Waals surface area contributed by atoms with Crippen LogP contribution in [0.15, 0.2) is 60.2 Å². The maximum Gasteiger partial charge on any atom is 0.394 e. The average molecular weight is 1130 g/mol. The fraction of sp³-hybridized carbons (Fsp3) is 0.500. The predicted molar refractivity (Wildman–Crippen MR) is 291 cm³/mol. The van der Waals surface area contributed by atoms with E-state index in [0.717, 1.165) is 34.5 Å². The van der Waals surface area contributed by atoms with Gasteiger partial charge in [-0.25, -0.2) is 18.7 Å². The predicted octanol–water partition coefficient (Wildman–Crippen LogP) is 6.88. The van der Waals surface area contributed by atoms with Crippen molar-refractivity contribution in [1.82, 2.24) is 50.7 Å². The molecule has 2 aromatic carbocycles. The fourth-order valence-electron chi connectivity index (χ4n) is 11.4. The Bertz CT molecular complexity index is 3260. The number of ether oxygens (including phenoxy) is 2. The molecule has 8 heterocycles. The molecule has 18 nitrogen and oxygen atoms in total. The number of anilines is 2. The quantitative estimate of drug-likeness (QED) is 0.0437. The van der Waals surface area contributed by atoms with Crippen molar-refractivity contribution < 1.29 is 50.9 Å². The number of nitrogens with zero attached hydrogens (tertiary/aromatic N) is 8. The molecular formula is C56H65F5N12O6S. The normalized spacial score (nSPS) is 22.1. The highest BCUT2D eigenvalue weighted by molar-refractivity contribution is 7.13. The average Bonchev–Trinajstić information content (AvgIpc) is 4.17. The van der Waals surface area contributed by atoms with Gasteiger partial charge in [0, 0.05) is 75.8 Å². The summed E-state index contributed by atoms with van der Waals surface area (Å²) in [6.45, 7) is 9.56. The minimum atomic E-state index is -4.55. The number of thiazole rings is 1. The molecule has 0 spiro atoms. The summed E-state index contributed by atoms with van der Waals surface area (Å²) >= 11 is 1.54. The maximum absolute atomic E-state index is 17.0. The number of aliphatic hydroxyl groups is 1. The number of carbonyl (C=O) groups is 3. The lowest BCUT2D eigenvalue weighted by atomic mass is 9.85. The number of piperazine rings is 1. The van der Waals surface area contributed by atoms with E-state index in [1.54, 1.807) is 48.6 Å². The van der Waals surface area contributed by atoms with Crippen LogP contribution in [-0.4, -0.2) is 153 Å². The smallest absolute Gasteiger partial charge is 0.394 e. The SMILES string of the molecule is Cc1ncsc1-c1ccc([C@H](C)NC(=O)[C@@H]2C[C@@H](O)CN2C(=O)[C@@H](NC(=O)CCOCCCN2C[C@@H](C(F)(F)F)[C@H]2COc2nc(N3CC4CCC(C3)N4)c3cnc(-c4nc(N)cc5cccc(F)c45)c(F)c3n2)C(C)(C)C)cc1. The van der Waals surface area contributed by atoms with Gasteiger partial charge in [-0.05, 0) is 67.2 Å². The number of hydrogen-bond donors (Lipinski definition) is 5. The van der Waals surface area contributed by atoms with Gasteiger partial charge in [0.15, 0.2) is 5.82 Å². The van der Waals surface area contributed by atoms with E-state index in [4.69, 9.17) is 15.2 Å². The molecule has 24 heteroatoms. The van der Waals surface area contributed by atoms with E-state index in [1.807, 2.05) is 43.0 Å². The van der Waals surface area contributed by atoms with Gasteiger partial charge in [0.1, 0.15) is 53.0 Å². The second-order valence-electron chi connectivity index (χ2n) is 22.4. The Morgan fingerprint density at radius 2 is 1.70 bits per heavy atom. The van der Waals surface area contributed by atoms with Crippen molar-refractivity contribution in [3.63, 3.8) is 0 Å². The molecule has 3 amide bonds. The minimum absolute atomic E-state index is 0.000120. The number of nitrogen functional groups attached to an aromatic ring is 1. The number of rotatable bonds is 18. The van der Waals surface area contributed by atoms with Gasteiger partial charge < -0.3 is 46.1 Å². The number of amides is 3. The molecule has 0 saturated carbocycles. The Labute approximate surface area is 463 Å². The van der Waals surface area contributed by atoms with Crippen LogP contribution in [0.1, 0.15) is 77.1 Å². The van der Waals surface area contributed by atoms with E-state index >= 15 is 8.78 Å². The van der Waals surface area contributed by atoms with Crippen molar-refractivity contribution in [2.45, 2.75) is 115 Å². The summed E-state index contributed by atoms with van der Waals surface area (Å²) in [4.78, 5) is 69.4. The number of halogens is 5. The molecule has 4 aromatic heterocycles. The van der Waals surface area contributed by atoms with Crippen LogP contribution >= 0.6 is 11.3 Å². The van der Waals surface area contributed by atoms with E-state index < -0.39 is 83.7 Å². The molecule has 6 aromatic rings. The number of aromatic nitrogens is 5. The molecule has 2 bridgehead atoms. The molecule has 426 valence electrons. The number of β-amino-alcohol motifs (C(OH)–C–C–N with tert-alkyl or cyclic N) is 1. The first-order chi connectivity index (χ1) is 38.1. The summed E-state index contributed by atoms with van der Waals surface area (Å²) in [6.07, 6.45) is -2.08. The van der Waals surface area contributed by atoms with E-state index in [2.05, 4.69) is 40.9 Å². The molecule has 0 radical (unpaired) electrons. The number of hydrogen-bond acceptors (Lipinski definition) is 16. The van der Waals surface area contributed by atoms with Gasteiger partial charge in [-0.15, -0.1) is 11.3 Å². The van der Waals surface area contributed by atoms with Gasteiger partial charge in [-0.1, -0.05) is 57.2 Å². The van der Waals surface area contributed by atoms with Gasteiger partial charge in [0.25, 0.3) is 0 Å². The summed E-state index contributed by atoms with van der Waals surface area (Å²) in [5.74, 6) is -4.49. The number of fused-ring (bicyclic) bond motifs is 4. The number of carbonyl (C=O) groups excluding carboxylic acids is 3. The van der Waals surface area contributed by atoms with E-state index in [1.165, 1.54) is 29.3 Å². The standard InChI is InChI=1S/C56H65F5N12O6S/c1-29(31-10-12-32(13-11-31)49-30(2)64-28-80-49)65-52(76)40-21-36(74)25-73(40)53(77)50(55(3,4)5)68-43(75)16-19-78-18-7-17-71-26-38(56(59,60)61)41(71)27-79-54-69-46-37(51(70-54)72-23-34-14-15-35(24-72)66-34)22-63-48(45(46)58)47-44-33(20-42(62)67-47)8-6-9-39(44)57/h6,8-13,20,22,28-29,34-36,38,40-41,50,66,74H,7,14-19,21,23-27H2,1-5H3,(H2,62,67)(H,65,76)(H,68,75)/t29-,34?,35?,36+,38+,40-,41+,50+/m0/s1. The van der Waals surface area contributed by atoms with Crippen molar-refractivity contribution >= 4 is 62.4 Å². The first-order valence-electron chi connectivity index (χ1n) is 26.9. The van der Waals surface area contributed by atoms with Crippen LogP contribution in [0.4, 0.5) is 33.6 Å². The van der Waals surface area contributed by atoms with Gasteiger partial charge >= 0.3 is 12.2 Å². The van der Waals surface area contributed by atoms with Crippen molar-refractivity contribution in [2.75, 3.05) is 63.2 Å². The molecule has 10 rings (SSSR count). The van der Waals surface area contributed by atoms with Crippen LogP contribution in [0.3, 0.4) is 0 Å². The summed E-state index contributed by atoms with van der Waals surface area (Å²) in [7, 11) is 0. The lowest BCUT2D eigenvalue weighted by Gasteiger charge is -2.48. The summed E-state index contributed by atoms with van der Waals surface area (Å²) in [6, 6.07) is 9.93. The molecule has 6 N–H and O–H groups in total. The van der Waals surface area contributed by atoms with E-state index in [-0.39, 0.29) is 97.3 Å². The van der Waals surface area contributed by atoms with Gasteiger partial charge in [-0.3, -0.25) is 24.3 Å². The summed E-state index contributed by atoms with van der Waals surface area (Å²) < 4.78 is 87.3. The Morgan fingerprint density at radius 1 is 0.950 bits per heavy atom. The highest BCUT2D eigenvalue weighted by Gasteiger charge is 2.54. The van der Waals surface area contributed by atoms with Crippen LogP contribution in [-0.2, 0) is 19.1 Å². The number of aliphatic hydroxyl groups excluding tert-OH is 1. The van der Waals surface area contributed by atoms with E-state index in [0.29, 0.717) is 30.7 Å². The number of likely N-dealkylation sites (tertiary alicyclic amines) is 2. The molecule has 8 atom stereocenters. The zero-order valence-electron chi connectivity index (χ0n) is 45.0. The van der Waals surface area contributed by atoms with Crippen molar-refractivity contribution in [3.05, 3.63) is 83.1 Å². The van der Waals surface area contributed by atoms with Crippen molar-refractivity contribution in [2.24, 2.45) is 11.3 Å². The molecule has 2 unspecified atom stereocenters. The number of benzene rings is 2. The van der Waals surface area contributed by atoms with Gasteiger partial charge in [-0.2, -0.15) is 23.1 Å². The topological polar surface area (TPSA) is 226 Å². The second-order valence-corrected chi connectivity index (χ2v) is 23.3. The lowest BCUT2D eigenvalue weighted by Crippen LogP contribution is -2.63. The number of nitrogens with one attached hydrogen (secondary N) is 3. The number of alkyl halides is 3. The number of pyridine rings is 2. The molecular weight excluding hydrogens is 1060 g/mol. The Morgan fingerprint density at radius 3 is 2.40 bits per heavy atom. The third-order valence-electron chi connectivity index (χ3n) is 15.6. The molecule has 80 heavy (non-hydrogen) atoms. The highest BCUT2D eigenvalue weighted by Crippen LogP contribution is 2.41. The number of nitrogens with two attached hydrogens (primary N) is 1. The van der Waals surface area contributed by atoms with E-state index in [9.17, 15) is 32.7 Å². The Balaban J connectivity index is 0.749. The maximum atomic E-state index is 17.0. The van der Waals surface area contributed by atoms with Crippen LogP contribution in [0.25, 0.3) is 43.5 Å². The zero-order chi connectivity index (χ0) is 56.8. The third kappa shape index (κ3) is 12.0. The first kappa shape index (κ1) is 56.5. The highest BCUT2D eigenvalue weighted by atomic mass is 32.1. The molecule has 4 saturated heterocycles. The van der Waals surface area contributed by atoms with Crippen LogP contribution in [0.5, 0.6) is 6.01 Å². The summed E-state index contributed by atoms with van der Waals surface area (Å²) in [5, 5.41) is 20.7. The van der Waals surface area contributed by atoms with Crippen LogP contribution < -0.4 is 31.3 Å². The Hall–Kier alpha value is -6.73. The van der Waals surface area contributed by atoms with Gasteiger partial charge in [0.2, 0.25) is 17.7 Å². The third-order valence-corrected chi connectivity index (χ3v) is 16.6. The minimum Gasteiger partial charge on any atom is -0.462 e. The zero-order valence-corrected chi connectivity index (χ0v) is 45.8. The van der Waals surface area contributed by atoms with Gasteiger partial charge in [0.05, 0.1) is 52.2 Å². The molecule has 0 aliphatic carbocycles. The van der Waals surface area contributed by atoms with Crippen LogP contribution in [0, 0.1) is 29.9 Å². The van der Waals surface area contributed by atoms with Crippen LogP contribution in [0.2, 0.25) is 0 Å². The molecule has 4 aliphatic heterocycles. The van der Waals surface area contributed by atoms with Crippen molar-refractivity contribution in [3.8, 4) is 27.8 Å². The van der Waals surface area contributed by atoms with Crippen molar-refractivity contribution in [1.29, 1.82) is 0 Å². The second kappa shape index (κ2) is 23.0. The number of aryl methyl sites for hydroxylation is 1. The largest absolute Gasteiger partial charge is 0.462 e. The summed E-state index contributed by atoms with van der Waals surface area (Å²) in [5.41, 5.74) is 9.16. The molecule has 4 aliphatic rings. The first-order valence-corrected chi connectivity index (χ1v) is 27.8. The fourth-order valence-corrected chi connectivity index (χ4v) is 12.2. The Kier molecular flexibility index (Phi) is 16.3. The lowest BCUT2D eigenvalue weighted by molar-refractivity contribution is -0.234. The molecule has 4 fully saturated rings. The monoisotopic (exact) mass is 1130 g/mol.